The largest absolute Gasteiger partial charge is 0.481 e. The number of hydrogen-bond acceptors (Lipinski definition) is 2. The van der Waals surface area contributed by atoms with Gasteiger partial charge >= 0.3 is 11.9 Å². The highest BCUT2D eigenvalue weighted by molar-refractivity contribution is 5.87. The summed E-state index contributed by atoms with van der Waals surface area (Å²) in [6, 6.07) is 0. The lowest BCUT2D eigenvalue weighted by Crippen LogP contribution is -2.53. The molecule has 1 aliphatic carbocycles. The van der Waals surface area contributed by atoms with Gasteiger partial charge in [0.2, 0.25) is 0 Å². The van der Waals surface area contributed by atoms with Crippen LogP contribution in [0.4, 0.5) is 0 Å². The van der Waals surface area contributed by atoms with Crippen LogP contribution in [0.1, 0.15) is 65.2 Å². The van der Waals surface area contributed by atoms with E-state index in [1.165, 1.54) is 0 Å². The van der Waals surface area contributed by atoms with Gasteiger partial charge in [-0.1, -0.05) is 51.7 Å². The molecule has 2 unspecified atom stereocenters. The third kappa shape index (κ3) is 2.74. The van der Waals surface area contributed by atoms with Gasteiger partial charge in [-0.05, 0) is 25.7 Å². The van der Waals surface area contributed by atoms with Crippen molar-refractivity contribution in [1.29, 1.82) is 0 Å². The fraction of sp³-hybridized carbons (Fsp3) is 0.750. The molecule has 20 heavy (non-hydrogen) atoms. The predicted octanol–water partition coefficient (Wildman–Crippen LogP) is 3.86. The van der Waals surface area contributed by atoms with Gasteiger partial charge in [0.05, 0.1) is 10.8 Å². The minimum absolute atomic E-state index is 0.332. The summed E-state index contributed by atoms with van der Waals surface area (Å²) in [5, 5.41) is 19.6. The van der Waals surface area contributed by atoms with Crippen LogP contribution < -0.4 is 0 Å². The standard InChI is InChI=1S/C16H26O4/c1-3-5-9-15(13(17)18)11-7-8-12-16(15,14(19)20)10-6-4-2/h7-8H,3-6,9-12H2,1-2H3,(H,17,18)(H,19,20). The summed E-state index contributed by atoms with van der Waals surface area (Å²) < 4.78 is 0. The second kappa shape index (κ2) is 6.91. The van der Waals surface area contributed by atoms with E-state index in [1.54, 1.807) is 0 Å². The van der Waals surface area contributed by atoms with E-state index in [-0.39, 0.29) is 0 Å². The number of carbonyl (C=O) groups is 2. The van der Waals surface area contributed by atoms with Gasteiger partial charge < -0.3 is 10.2 Å². The third-order valence-corrected chi connectivity index (χ3v) is 4.75. The molecule has 0 aliphatic heterocycles. The van der Waals surface area contributed by atoms with E-state index in [1.807, 2.05) is 26.0 Å². The summed E-state index contributed by atoms with van der Waals surface area (Å²) in [7, 11) is 0. The van der Waals surface area contributed by atoms with Crippen LogP contribution in [0.2, 0.25) is 0 Å². The SMILES string of the molecule is CCCCC1(C(=O)O)CC=CCC1(CCCC)C(=O)O. The molecular formula is C16H26O4. The molecule has 0 heterocycles. The van der Waals surface area contributed by atoms with Crippen molar-refractivity contribution < 1.29 is 19.8 Å². The first-order chi connectivity index (χ1) is 9.47. The maximum absolute atomic E-state index is 12.0. The molecule has 0 saturated heterocycles. The van der Waals surface area contributed by atoms with E-state index in [0.717, 1.165) is 25.7 Å². The van der Waals surface area contributed by atoms with E-state index >= 15 is 0 Å². The van der Waals surface area contributed by atoms with E-state index in [4.69, 9.17) is 0 Å². The Bertz CT molecular complexity index is 352. The molecule has 4 nitrogen and oxygen atoms in total. The summed E-state index contributed by atoms with van der Waals surface area (Å²) in [6.45, 7) is 4.01. The Balaban J connectivity index is 3.28. The molecule has 0 bridgehead atoms. The van der Waals surface area contributed by atoms with Gasteiger partial charge in [0.25, 0.3) is 0 Å². The molecule has 1 aliphatic rings. The molecule has 0 spiro atoms. The van der Waals surface area contributed by atoms with Crippen molar-refractivity contribution in [1.82, 2.24) is 0 Å². The smallest absolute Gasteiger partial charge is 0.311 e. The van der Waals surface area contributed by atoms with Gasteiger partial charge in [0.1, 0.15) is 0 Å². The highest BCUT2D eigenvalue weighted by atomic mass is 16.4. The van der Waals surface area contributed by atoms with Crippen molar-refractivity contribution >= 4 is 11.9 Å². The fourth-order valence-electron chi connectivity index (χ4n) is 3.40. The Labute approximate surface area is 120 Å². The van der Waals surface area contributed by atoms with Crippen molar-refractivity contribution in [2.24, 2.45) is 10.8 Å². The fourth-order valence-corrected chi connectivity index (χ4v) is 3.40. The van der Waals surface area contributed by atoms with E-state index in [0.29, 0.717) is 25.7 Å². The minimum Gasteiger partial charge on any atom is -0.481 e. The Hall–Kier alpha value is -1.32. The summed E-state index contributed by atoms with van der Waals surface area (Å²) >= 11 is 0. The average molecular weight is 282 g/mol. The van der Waals surface area contributed by atoms with Crippen molar-refractivity contribution in [3.63, 3.8) is 0 Å². The highest BCUT2D eigenvalue weighted by Gasteiger charge is 2.60. The number of allylic oxidation sites excluding steroid dienone is 2. The number of rotatable bonds is 8. The van der Waals surface area contributed by atoms with Gasteiger partial charge in [-0.2, -0.15) is 0 Å². The van der Waals surface area contributed by atoms with Crippen LogP contribution in [0.15, 0.2) is 12.2 Å². The quantitative estimate of drug-likeness (QED) is 0.663. The van der Waals surface area contributed by atoms with Gasteiger partial charge in [-0.25, -0.2) is 0 Å². The lowest BCUT2D eigenvalue weighted by atomic mass is 9.54. The predicted molar refractivity (Wildman–Crippen MR) is 77.6 cm³/mol. The summed E-state index contributed by atoms with van der Waals surface area (Å²) in [5.74, 6) is -1.90. The molecule has 0 fully saturated rings. The molecule has 0 radical (unpaired) electrons. The maximum Gasteiger partial charge on any atom is 0.311 e. The second-order valence-corrected chi connectivity index (χ2v) is 5.86. The van der Waals surface area contributed by atoms with E-state index < -0.39 is 22.8 Å². The van der Waals surface area contributed by atoms with Crippen molar-refractivity contribution in [3.05, 3.63) is 12.2 Å². The van der Waals surface area contributed by atoms with Crippen molar-refractivity contribution in [3.8, 4) is 0 Å². The molecule has 114 valence electrons. The zero-order valence-electron chi connectivity index (χ0n) is 12.5. The van der Waals surface area contributed by atoms with Crippen LogP contribution in [0.3, 0.4) is 0 Å². The molecule has 4 heteroatoms. The zero-order valence-corrected chi connectivity index (χ0v) is 12.5. The Morgan fingerprint density at radius 1 is 0.900 bits per heavy atom. The van der Waals surface area contributed by atoms with Gasteiger partial charge in [-0.15, -0.1) is 0 Å². The van der Waals surface area contributed by atoms with E-state index in [9.17, 15) is 19.8 Å². The van der Waals surface area contributed by atoms with Gasteiger partial charge in [0.15, 0.2) is 0 Å². The summed E-state index contributed by atoms with van der Waals surface area (Å²) in [4.78, 5) is 23.9. The van der Waals surface area contributed by atoms with Crippen LogP contribution in [0, 0.1) is 10.8 Å². The second-order valence-electron chi connectivity index (χ2n) is 5.86. The number of unbranched alkanes of at least 4 members (excludes halogenated alkanes) is 2. The first-order valence-electron chi connectivity index (χ1n) is 7.58. The number of hydrogen-bond donors (Lipinski definition) is 2. The molecule has 1 rings (SSSR count). The Kier molecular flexibility index (Phi) is 5.78. The summed E-state index contributed by atoms with van der Waals surface area (Å²) in [5.41, 5.74) is -2.31. The minimum atomic E-state index is -1.15. The highest BCUT2D eigenvalue weighted by Crippen LogP contribution is 2.54. The Morgan fingerprint density at radius 2 is 1.25 bits per heavy atom. The van der Waals surface area contributed by atoms with Crippen LogP contribution >= 0.6 is 0 Å². The van der Waals surface area contributed by atoms with Gasteiger partial charge in [-0.3, -0.25) is 9.59 Å². The van der Waals surface area contributed by atoms with Gasteiger partial charge in [0, 0.05) is 0 Å². The Morgan fingerprint density at radius 3 is 1.50 bits per heavy atom. The average Bonchev–Trinajstić information content (AvgIpc) is 2.43. The molecule has 2 N–H and O–H groups in total. The number of aliphatic carboxylic acids is 2. The monoisotopic (exact) mass is 282 g/mol. The third-order valence-electron chi connectivity index (χ3n) is 4.75. The van der Waals surface area contributed by atoms with Crippen LogP contribution in [0.5, 0.6) is 0 Å². The molecule has 2 atom stereocenters. The van der Waals surface area contributed by atoms with Crippen LogP contribution in [0.25, 0.3) is 0 Å². The van der Waals surface area contributed by atoms with Crippen molar-refractivity contribution in [2.75, 3.05) is 0 Å². The topological polar surface area (TPSA) is 74.6 Å². The molecule has 0 aromatic heterocycles. The first kappa shape index (κ1) is 16.7. The van der Waals surface area contributed by atoms with Crippen LogP contribution in [-0.2, 0) is 9.59 Å². The number of carboxylic acid groups (broad SMARTS) is 2. The first-order valence-corrected chi connectivity index (χ1v) is 7.58. The molecule has 0 aromatic rings. The van der Waals surface area contributed by atoms with Crippen molar-refractivity contribution in [2.45, 2.75) is 65.2 Å². The zero-order chi connectivity index (χ0) is 15.2. The molecular weight excluding hydrogens is 256 g/mol. The van der Waals surface area contributed by atoms with Crippen LogP contribution in [-0.4, -0.2) is 22.2 Å². The molecule has 0 amide bonds. The van der Waals surface area contributed by atoms with E-state index in [2.05, 4.69) is 0 Å². The molecule has 0 aromatic carbocycles. The lowest BCUT2D eigenvalue weighted by Gasteiger charge is -2.46. The number of carboxylic acids is 2. The lowest BCUT2D eigenvalue weighted by molar-refractivity contribution is -0.177. The maximum atomic E-state index is 12.0. The summed E-state index contributed by atoms with van der Waals surface area (Å²) in [6.07, 6.45) is 8.50. The molecule has 0 saturated carbocycles. The normalized spacial score (nSPS) is 29.3.